The van der Waals surface area contributed by atoms with Crippen LogP contribution in [0.5, 0.6) is 0 Å². The Kier molecular flexibility index (Phi) is 4.71. The van der Waals surface area contributed by atoms with Crippen LogP contribution in [0, 0.1) is 5.82 Å². The molecule has 0 saturated carbocycles. The standard InChI is InChI=1S/C19H16FNO5/c1-11(22)26-17-16(12-3-7-14(20)8-4-12)21(18(17)23)15-9-5-13(6-10-15)19(24)25-2/h3-10,16-17H,1-2H3. The number of nitrogens with zero attached hydrogens (tertiary/aromatic N) is 1. The molecule has 1 fully saturated rings. The predicted octanol–water partition coefficient (Wildman–Crippen LogP) is 2.63. The molecule has 0 radical (unpaired) electrons. The maximum Gasteiger partial charge on any atom is 0.337 e. The van der Waals surface area contributed by atoms with Gasteiger partial charge in [0.05, 0.1) is 12.7 Å². The van der Waals surface area contributed by atoms with Crippen molar-refractivity contribution in [1.29, 1.82) is 0 Å². The van der Waals surface area contributed by atoms with Gasteiger partial charge in [0.25, 0.3) is 5.91 Å². The van der Waals surface area contributed by atoms with Crippen LogP contribution < -0.4 is 4.90 Å². The van der Waals surface area contributed by atoms with Crippen LogP contribution in [0.15, 0.2) is 48.5 Å². The lowest BCUT2D eigenvalue weighted by atomic mass is 9.89. The molecular weight excluding hydrogens is 341 g/mol. The van der Waals surface area contributed by atoms with Crippen LogP contribution in [0.3, 0.4) is 0 Å². The van der Waals surface area contributed by atoms with Crippen LogP contribution in [0.1, 0.15) is 28.9 Å². The van der Waals surface area contributed by atoms with Crippen molar-refractivity contribution in [3.8, 4) is 0 Å². The van der Waals surface area contributed by atoms with E-state index in [-0.39, 0.29) is 5.91 Å². The molecule has 26 heavy (non-hydrogen) atoms. The minimum absolute atomic E-state index is 0.346. The summed E-state index contributed by atoms with van der Waals surface area (Å²) in [6.07, 6.45) is -0.974. The summed E-state index contributed by atoms with van der Waals surface area (Å²) < 4.78 is 23.0. The highest BCUT2D eigenvalue weighted by atomic mass is 19.1. The minimum Gasteiger partial charge on any atom is -0.465 e. The summed E-state index contributed by atoms with van der Waals surface area (Å²) in [5, 5.41) is 0. The number of carbonyl (C=O) groups excluding carboxylic acids is 3. The SMILES string of the molecule is COC(=O)c1ccc(N2C(=O)C(OC(C)=O)C2c2ccc(F)cc2)cc1. The van der Waals surface area contributed by atoms with Gasteiger partial charge in [-0.2, -0.15) is 0 Å². The fourth-order valence-electron chi connectivity index (χ4n) is 2.90. The number of halogens is 1. The van der Waals surface area contributed by atoms with E-state index in [4.69, 9.17) is 4.74 Å². The van der Waals surface area contributed by atoms with E-state index in [0.717, 1.165) is 0 Å². The molecular formula is C19H16FNO5. The largest absolute Gasteiger partial charge is 0.465 e. The van der Waals surface area contributed by atoms with E-state index in [1.807, 2.05) is 0 Å². The van der Waals surface area contributed by atoms with Crippen LogP contribution in [0.25, 0.3) is 0 Å². The third-order valence-corrected chi connectivity index (χ3v) is 4.12. The van der Waals surface area contributed by atoms with Crippen molar-refractivity contribution in [3.63, 3.8) is 0 Å². The van der Waals surface area contributed by atoms with Crippen molar-refractivity contribution in [2.45, 2.75) is 19.1 Å². The van der Waals surface area contributed by atoms with Crippen LogP contribution in [-0.2, 0) is 19.1 Å². The summed E-state index contributed by atoms with van der Waals surface area (Å²) in [4.78, 5) is 36.8. The number of ether oxygens (including phenoxy) is 2. The van der Waals surface area contributed by atoms with E-state index in [9.17, 15) is 18.8 Å². The van der Waals surface area contributed by atoms with Gasteiger partial charge in [0, 0.05) is 12.6 Å². The molecule has 2 unspecified atom stereocenters. The van der Waals surface area contributed by atoms with Crippen molar-refractivity contribution < 1.29 is 28.2 Å². The van der Waals surface area contributed by atoms with Gasteiger partial charge in [-0.25, -0.2) is 9.18 Å². The van der Waals surface area contributed by atoms with E-state index >= 15 is 0 Å². The topological polar surface area (TPSA) is 72.9 Å². The summed E-state index contributed by atoms with van der Waals surface area (Å²) >= 11 is 0. The molecule has 1 aliphatic heterocycles. The zero-order valence-electron chi connectivity index (χ0n) is 14.1. The minimum atomic E-state index is -0.974. The molecule has 2 aromatic carbocycles. The zero-order chi connectivity index (χ0) is 18.8. The van der Waals surface area contributed by atoms with E-state index in [1.165, 1.54) is 43.2 Å². The molecule has 2 aromatic rings. The first-order valence-electron chi connectivity index (χ1n) is 7.86. The van der Waals surface area contributed by atoms with Gasteiger partial charge in [-0.1, -0.05) is 12.1 Å². The van der Waals surface area contributed by atoms with E-state index in [2.05, 4.69) is 4.74 Å². The number of hydrogen-bond acceptors (Lipinski definition) is 5. The van der Waals surface area contributed by atoms with E-state index in [1.54, 1.807) is 24.3 Å². The van der Waals surface area contributed by atoms with Crippen LogP contribution in [-0.4, -0.2) is 31.1 Å². The second kappa shape index (κ2) is 6.95. The number of methoxy groups -OCH3 is 1. The molecule has 0 aliphatic carbocycles. The van der Waals surface area contributed by atoms with Gasteiger partial charge >= 0.3 is 11.9 Å². The van der Waals surface area contributed by atoms with Gasteiger partial charge in [0.15, 0.2) is 0 Å². The highest BCUT2D eigenvalue weighted by molar-refractivity contribution is 6.06. The number of esters is 2. The molecule has 134 valence electrons. The Labute approximate surface area is 149 Å². The normalized spacial score (nSPS) is 18.9. The quantitative estimate of drug-likeness (QED) is 0.621. The number of hydrogen-bond donors (Lipinski definition) is 0. The Hall–Kier alpha value is -3.22. The van der Waals surface area contributed by atoms with Crippen LogP contribution >= 0.6 is 0 Å². The molecule has 0 bridgehead atoms. The van der Waals surface area contributed by atoms with Gasteiger partial charge in [0.1, 0.15) is 11.9 Å². The Bertz CT molecular complexity index is 847. The molecule has 3 rings (SSSR count). The van der Waals surface area contributed by atoms with Gasteiger partial charge < -0.3 is 9.47 Å². The van der Waals surface area contributed by atoms with Crippen LogP contribution in [0.4, 0.5) is 10.1 Å². The van der Waals surface area contributed by atoms with Crippen molar-refractivity contribution in [1.82, 2.24) is 0 Å². The molecule has 0 aromatic heterocycles. The number of β-lactam (4-membered cyclic amide) rings is 1. The van der Waals surface area contributed by atoms with E-state index in [0.29, 0.717) is 16.8 Å². The first kappa shape index (κ1) is 17.6. The summed E-state index contributed by atoms with van der Waals surface area (Å²) in [6.45, 7) is 1.23. The van der Waals surface area contributed by atoms with Crippen molar-refractivity contribution in [2.75, 3.05) is 12.0 Å². The van der Waals surface area contributed by atoms with Crippen LogP contribution in [0.2, 0.25) is 0 Å². The lowest BCUT2D eigenvalue weighted by molar-refractivity contribution is -0.160. The molecule has 1 amide bonds. The third kappa shape index (κ3) is 3.15. The molecule has 1 saturated heterocycles. The van der Waals surface area contributed by atoms with E-state index < -0.39 is 29.9 Å². The Morgan fingerprint density at radius 3 is 2.19 bits per heavy atom. The fraction of sp³-hybridized carbons (Fsp3) is 0.211. The highest BCUT2D eigenvalue weighted by Crippen LogP contribution is 2.41. The average molecular weight is 357 g/mol. The maximum absolute atomic E-state index is 13.2. The molecule has 1 heterocycles. The van der Waals surface area contributed by atoms with Crippen molar-refractivity contribution in [2.24, 2.45) is 0 Å². The second-order valence-electron chi connectivity index (χ2n) is 5.77. The van der Waals surface area contributed by atoms with Gasteiger partial charge in [0.2, 0.25) is 6.10 Å². The summed E-state index contributed by atoms with van der Waals surface area (Å²) in [5.41, 5.74) is 1.51. The summed E-state index contributed by atoms with van der Waals surface area (Å²) in [5.74, 6) is -1.85. The molecule has 2 atom stereocenters. The molecule has 0 spiro atoms. The lowest BCUT2D eigenvalue weighted by Gasteiger charge is -2.46. The predicted molar refractivity (Wildman–Crippen MR) is 90.0 cm³/mol. The molecule has 0 N–H and O–H groups in total. The number of amides is 1. The Morgan fingerprint density at radius 2 is 1.65 bits per heavy atom. The maximum atomic E-state index is 13.2. The first-order valence-corrected chi connectivity index (χ1v) is 7.86. The number of carbonyl (C=O) groups is 3. The molecule has 7 heteroatoms. The first-order chi connectivity index (χ1) is 12.4. The summed E-state index contributed by atoms with van der Waals surface area (Å²) in [6, 6.07) is 11.3. The van der Waals surface area contributed by atoms with Gasteiger partial charge in [-0.05, 0) is 42.0 Å². The van der Waals surface area contributed by atoms with Gasteiger partial charge in [-0.3, -0.25) is 14.5 Å². The van der Waals surface area contributed by atoms with Crippen molar-refractivity contribution in [3.05, 3.63) is 65.5 Å². The monoisotopic (exact) mass is 357 g/mol. The fourth-order valence-corrected chi connectivity index (χ4v) is 2.90. The average Bonchev–Trinajstić information content (AvgIpc) is 2.64. The lowest BCUT2D eigenvalue weighted by Crippen LogP contribution is -2.60. The number of benzene rings is 2. The molecule has 6 nitrogen and oxygen atoms in total. The smallest absolute Gasteiger partial charge is 0.337 e. The summed E-state index contributed by atoms with van der Waals surface area (Å²) in [7, 11) is 1.28. The highest BCUT2D eigenvalue weighted by Gasteiger charge is 2.51. The zero-order valence-corrected chi connectivity index (χ0v) is 14.1. The Morgan fingerprint density at radius 1 is 1.04 bits per heavy atom. The van der Waals surface area contributed by atoms with Crippen molar-refractivity contribution >= 4 is 23.5 Å². The number of anilines is 1. The number of rotatable bonds is 4. The third-order valence-electron chi connectivity index (χ3n) is 4.12. The Balaban J connectivity index is 1.93. The molecule has 1 aliphatic rings. The second-order valence-corrected chi connectivity index (χ2v) is 5.77. The van der Waals surface area contributed by atoms with Gasteiger partial charge in [-0.15, -0.1) is 0 Å².